The standard InChI is InChI=1S/C13H18N2OS/c1-9(2)8-15-13(16)11-6-4-3-5-10(11)7-12(14)17/h3-6,9H,7-8H2,1-2H3,(H2,14,17)(H,15,16). The van der Waals surface area contributed by atoms with E-state index < -0.39 is 0 Å². The Morgan fingerprint density at radius 1 is 1.41 bits per heavy atom. The number of thiocarbonyl (C=S) groups is 1. The highest BCUT2D eigenvalue weighted by Crippen LogP contribution is 2.09. The fraction of sp³-hybridized carbons (Fsp3) is 0.385. The van der Waals surface area contributed by atoms with Crippen LogP contribution in [-0.2, 0) is 6.42 Å². The zero-order chi connectivity index (χ0) is 12.8. The summed E-state index contributed by atoms with van der Waals surface area (Å²) in [4.78, 5) is 12.4. The van der Waals surface area contributed by atoms with E-state index in [1.165, 1.54) is 0 Å². The van der Waals surface area contributed by atoms with Crippen LogP contribution in [-0.4, -0.2) is 17.4 Å². The summed E-state index contributed by atoms with van der Waals surface area (Å²) in [7, 11) is 0. The van der Waals surface area contributed by atoms with Crippen molar-refractivity contribution < 1.29 is 4.79 Å². The van der Waals surface area contributed by atoms with Crippen molar-refractivity contribution in [1.82, 2.24) is 5.32 Å². The number of carbonyl (C=O) groups excluding carboxylic acids is 1. The van der Waals surface area contributed by atoms with Gasteiger partial charge in [-0.1, -0.05) is 44.3 Å². The number of hydrogen-bond donors (Lipinski definition) is 2. The minimum atomic E-state index is -0.0643. The van der Waals surface area contributed by atoms with E-state index in [1.807, 2.05) is 18.2 Å². The highest BCUT2D eigenvalue weighted by atomic mass is 32.1. The third-order valence-corrected chi connectivity index (χ3v) is 2.44. The lowest BCUT2D eigenvalue weighted by atomic mass is 10.0. The Bertz CT molecular complexity index is 416. The smallest absolute Gasteiger partial charge is 0.251 e. The van der Waals surface area contributed by atoms with Gasteiger partial charge in [-0.25, -0.2) is 0 Å². The molecular weight excluding hydrogens is 232 g/mol. The van der Waals surface area contributed by atoms with E-state index in [2.05, 4.69) is 19.2 Å². The number of benzene rings is 1. The van der Waals surface area contributed by atoms with Gasteiger partial charge in [0.1, 0.15) is 0 Å². The molecule has 0 aliphatic heterocycles. The lowest BCUT2D eigenvalue weighted by Gasteiger charge is -2.11. The van der Waals surface area contributed by atoms with Crippen LogP contribution in [0.15, 0.2) is 24.3 Å². The molecular formula is C13H18N2OS. The molecule has 0 fully saturated rings. The van der Waals surface area contributed by atoms with Crippen LogP contribution >= 0.6 is 12.2 Å². The first kappa shape index (κ1) is 13.6. The minimum Gasteiger partial charge on any atom is -0.393 e. The second-order valence-electron chi connectivity index (χ2n) is 4.40. The van der Waals surface area contributed by atoms with Gasteiger partial charge in [-0.05, 0) is 17.5 Å². The first-order valence-corrected chi connectivity index (χ1v) is 6.06. The van der Waals surface area contributed by atoms with Gasteiger partial charge < -0.3 is 11.1 Å². The molecule has 0 spiro atoms. The van der Waals surface area contributed by atoms with Gasteiger partial charge in [0.25, 0.3) is 5.91 Å². The number of carbonyl (C=O) groups is 1. The first-order chi connectivity index (χ1) is 8.00. The lowest BCUT2D eigenvalue weighted by molar-refractivity contribution is 0.0948. The third kappa shape index (κ3) is 4.53. The van der Waals surface area contributed by atoms with Gasteiger partial charge in [-0.3, -0.25) is 4.79 Å². The Labute approximate surface area is 107 Å². The summed E-state index contributed by atoms with van der Waals surface area (Å²) in [5, 5.41) is 2.89. The van der Waals surface area contributed by atoms with E-state index in [0.717, 1.165) is 5.56 Å². The molecule has 0 aliphatic carbocycles. The molecule has 1 amide bonds. The van der Waals surface area contributed by atoms with Gasteiger partial charge in [0.2, 0.25) is 0 Å². The molecule has 4 heteroatoms. The van der Waals surface area contributed by atoms with Gasteiger partial charge >= 0.3 is 0 Å². The maximum atomic E-state index is 12.0. The van der Waals surface area contributed by atoms with Crippen LogP contribution in [0.4, 0.5) is 0 Å². The van der Waals surface area contributed by atoms with Gasteiger partial charge in [-0.2, -0.15) is 0 Å². The normalized spacial score (nSPS) is 10.3. The van der Waals surface area contributed by atoms with Crippen LogP contribution in [0, 0.1) is 5.92 Å². The van der Waals surface area contributed by atoms with Crippen LogP contribution in [0.1, 0.15) is 29.8 Å². The van der Waals surface area contributed by atoms with E-state index in [0.29, 0.717) is 29.4 Å². The summed E-state index contributed by atoms with van der Waals surface area (Å²) in [5.74, 6) is 0.368. The topological polar surface area (TPSA) is 55.1 Å². The first-order valence-electron chi connectivity index (χ1n) is 5.65. The molecule has 3 N–H and O–H groups in total. The summed E-state index contributed by atoms with van der Waals surface area (Å²) < 4.78 is 0. The Morgan fingerprint density at radius 2 is 2.06 bits per heavy atom. The highest BCUT2D eigenvalue weighted by molar-refractivity contribution is 7.80. The summed E-state index contributed by atoms with van der Waals surface area (Å²) in [6, 6.07) is 7.40. The molecule has 0 saturated carbocycles. The average Bonchev–Trinajstić information content (AvgIpc) is 2.25. The quantitative estimate of drug-likeness (QED) is 0.785. The van der Waals surface area contributed by atoms with E-state index in [1.54, 1.807) is 6.07 Å². The molecule has 0 atom stereocenters. The maximum absolute atomic E-state index is 12.0. The molecule has 1 rings (SSSR count). The largest absolute Gasteiger partial charge is 0.393 e. The van der Waals surface area contributed by atoms with Crippen LogP contribution in [0.2, 0.25) is 0 Å². The van der Waals surface area contributed by atoms with Crippen molar-refractivity contribution in [3.63, 3.8) is 0 Å². The van der Waals surface area contributed by atoms with E-state index in [9.17, 15) is 4.79 Å². The number of amides is 1. The summed E-state index contributed by atoms with van der Waals surface area (Å²) >= 11 is 4.88. The molecule has 1 aromatic carbocycles. The molecule has 0 aromatic heterocycles. The number of nitrogens with two attached hydrogens (primary N) is 1. The molecule has 17 heavy (non-hydrogen) atoms. The number of hydrogen-bond acceptors (Lipinski definition) is 2. The zero-order valence-corrected chi connectivity index (χ0v) is 11.0. The molecule has 92 valence electrons. The van der Waals surface area contributed by atoms with Crippen LogP contribution in [0.25, 0.3) is 0 Å². The molecule has 0 bridgehead atoms. The van der Waals surface area contributed by atoms with E-state index in [4.69, 9.17) is 18.0 Å². The summed E-state index contributed by atoms with van der Waals surface area (Å²) in [6.45, 7) is 4.78. The second kappa shape index (κ2) is 6.35. The second-order valence-corrected chi connectivity index (χ2v) is 4.93. The highest BCUT2D eigenvalue weighted by Gasteiger charge is 2.11. The van der Waals surface area contributed by atoms with Gasteiger partial charge in [0.15, 0.2) is 0 Å². The van der Waals surface area contributed by atoms with Gasteiger partial charge in [-0.15, -0.1) is 0 Å². The molecule has 0 aliphatic rings. The monoisotopic (exact) mass is 250 g/mol. The molecule has 0 saturated heterocycles. The molecule has 1 aromatic rings. The van der Waals surface area contributed by atoms with Crippen molar-refractivity contribution in [3.05, 3.63) is 35.4 Å². The van der Waals surface area contributed by atoms with E-state index in [-0.39, 0.29) is 5.91 Å². The molecule has 0 unspecified atom stereocenters. The molecule has 3 nitrogen and oxygen atoms in total. The SMILES string of the molecule is CC(C)CNC(=O)c1ccccc1CC(N)=S. The summed E-state index contributed by atoms with van der Waals surface area (Å²) in [5.41, 5.74) is 7.05. The van der Waals surface area contributed by atoms with Crippen LogP contribution < -0.4 is 11.1 Å². The van der Waals surface area contributed by atoms with Gasteiger partial charge in [0.05, 0.1) is 4.99 Å². The Morgan fingerprint density at radius 3 is 2.65 bits per heavy atom. The fourth-order valence-electron chi connectivity index (χ4n) is 1.48. The van der Waals surface area contributed by atoms with Crippen LogP contribution in [0.3, 0.4) is 0 Å². The van der Waals surface area contributed by atoms with Crippen molar-refractivity contribution in [1.29, 1.82) is 0 Å². The van der Waals surface area contributed by atoms with Crippen molar-refractivity contribution in [3.8, 4) is 0 Å². The zero-order valence-electron chi connectivity index (χ0n) is 10.2. The van der Waals surface area contributed by atoms with Crippen molar-refractivity contribution >= 4 is 23.1 Å². The lowest BCUT2D eigenvalue weighted by Crippen LogP contribution is -2.28. The number of rotatable bonds is 5. The van der Waals surface area contributed by atoms with Gasteiger partial charge in [0, 0.05) is 18.5 Å². The van der Waals surface area contributed by atoms with Crippen molar-refractivity contribution in [2.75, 3.05) is 6.54 Å². The predicted molar refractivity (Wildman–Crippen MR) is 74.1 cm³/mol. The molecule has 0 heterocycles. The Kier molecular flexibility index (Phi) is 5.10. The fourth-order valence-corrected chi connectivity index (χ4v) is 1.63. The van der Waals surface area contributed by atoms with Crippen LogP contribution in [0.5, 0.6) is 0 Å². The molecule has 0 radical (unpaired) electrons. The van der Waals surface area contributed by atoms with E-state index >= 15 is 0 Å². The Balaban J connectivity index is 2.81. The van der Waals surface area contributed by atoms with Crippen molar-refractivity contribution in [2.45, 2.75) is 20.3 Å². The average molecular weight is 250 g/mol. The summed E-state index contributed by atoms with van der Waals surface area (Å²) in [6.07, 6.45) is 0.459. The number of nitrogens with one attached hydrogen (secondary N) is 1. The Hall–Kier alpha value is -1.42. The third-order valence-electron chi connectivity index (χ3n) is 2.30. The predicted octanol–water partition coefficient (Wildman–Crippen LogP) is 1.90. The maximum Gasteiger partial charge on any atom is 0.251 e. The van der Waals surface area contributed by atoms with Crippen molar-refractivity contribution in [2.24, 2.45) is 11.7 Å². The minimum absolute atomic E-state index is 0.0643.